The van der Waals surface area contributed by atoms with Gasteiger partial charge in [-0.05, 0) is 55.5 Å². The molecule has 0 fully saturated rings. The van der Waals surface area contributed by atoms with Gasteiger partial charge < -0.3 is 15.5 Å². The van der Waals surface area contributed by atoms with Crippen molar-refractivity contribution < 1.29 is 4.79 Å². The maximum atomic E-state index is 13.3. The number of halogens is 2. The molecule has 1 amide bonds. The lowest BCUT2D eigenvalue weighted by Gasteiger charge is -2.22. The number of amides is 1. The number of hydrogen-bond donors (Lipinski definition) is 2. The molecule has 1 atom stereocenters. The fourth-order valence-electron chi connectivity index (χ4n) is 3.40. The van der Waals surface area contributed by atoms with Gasteiger partial charge in [0.2, 0.25) is 6.17 Å². The van der Waals surface area contributed by atoms with Crippen LogP contribution < -0.4 is 15.5 Å². The Bertz CT molecular complexity index is 1250. The third-order valence-corrected chi connectivity index (χ3v) is 5.71. The molecule has 32 heavy (non-hydrogen) atoms. The van der Waals surface area contributed by atoms with Crippen LogP contribution in [0.1, 0.15) is 16.8 Å². The average Bonchev–Trinajstić information content (AvgIpc) is 2.84. The van der Waals surface area contributed by atoms with E-state index in [-0.39, 0.29) is 11.0 Å². The van der Waals surface area contributed by atoms with Crippen LogP contribution in [0.2, 0.25) is 10.0 Å². The van der Waals surface area contributed by atoms with Crippen LogP contribution in [0.25, 0.3) is 0 Å². The smallest absolute Gasteiger partial charge is 0.272 e. The summed E-state index contributed by atoms with van der Waals surface area (Å²) in [6.45, 7) is 1.88. The van der Waals surface area contributed by atoms with Crippen LogP contribution in [0.15, 0.2) is 65.7 Å². The highest BCUT2D eigenvalue weighted by Crippen LogP contribution is 2.31. The van der Waals surface area contributed by atoms with Crippen molar-refractivity contribution in [2.24, 2.45) is 4.99 Å². The van der Waals surface area contributed by atoms with Crippen molar-refractivity contribution in [2.45, 2.75) is 13.1 Å². The molecule has 0 bridgehead atoms. The molecule has 1 aliphatic rings. The number of carbonyl (C=O) groups is 1. The molecule has 2 N–H and O–H groups in total. The molecule has 0 aliphatic carbocycles. The molecule has 0 spiro atoms. The van der Waals surface area contributed by atoms with E-state index >= 15 is 0 Å². The molecule has 0 saturated carbocycles. The van der Waals surface area contributed by atoms with Gasteiger partial charge in [-0.2, -0.15) is 0 Å². The van der Waals surface area contributed by atoms with E-state index in [0.717, 1.165) is 5.69 Å². The highest BCUT2D eigenvalue weighted by molar-refractivity contribution is 7.80. The lowest BCUT2D eigenvalue weighted by atomic mass is 10.00. The Morgan fingerprint density at radius 2 is 1.84 bits per heavy atom. The Labute approximate surface area is 201 Å². The molecule has 9 heteroatoms. The molecular formula is C23H19Cl2N5OS. The Balaban J connectivity index is 1.75. The van der Waals surface area contributed by atoms with Crippen LogP contribution in [0.4, 0.5) is 11.5 Å². The third-order valence-electron chi connectivity index (χ3n) is 4.92. The molecule has 3 aromatic rings. The molecule has 162 valence electrons. The molecular weight excluding hydrogens is 465 g/mol. The molecule has 0 radical (unpaired) electrons. The van der Waals surface area contributed by atoms with Gasteiger partial charge in [0, 0.05) is 33.9 Å². The predicted molar refractivity (Wildman–Crippen MR) is 134 cm³/mol. The van der Waals surface area contributed by atoms with Gasteiger partial charge in [0.1, 0.15) is 5.82 Å². The summed E-state index contributed by atoms with van der Waals surface area (Å²) in [6.07, 6.45) is -0.984. The monoisotopic (exact) mass is 483 g/mol. The normalized spacial score (nSPS) is 15.5. The minimum absolute atomic E-state index is 0.223. The number of anilines is 2. The number of likely N-dealkylation sites (N-methyl/N-ethyl adjacent to an activating group) is 1. The first-order valence-electron chi connectivity index (χ1n) is 9.75. The van der Waals surface area contributed by atoms with Crippen LogP contribution in [-0.4, -0.2) is 34.9 Å². The van der Waals surface area contributed by atoms with Gasteiger partial charge in [0.25, 0.3) is 5.91 Å². The van der Waals surface area contributed by atoms with E-state index in [2.05, 4.69) is 15.6 Å². The summed E-state index contributed by atoms with van der Waals surface area (Å²) in [5.41, 5.74) is 3.44. The topological polar surface area (TPSA) is 69.6 Å². The lowest BCUT2D eigenvalue weighted by Crippen LogP contribution is -2.47. The van der Waals surface area contributed by atoms with Crippen molar-refractivity contribution in [2.75, 3.05) is 17.3 Å². The molecule has 1 aliphatic heterocycles. The fraction of sp³-hybridized carbons (Fsp3) is 0.130. The van der Waals surface area contributed by atoms with E-state index in [4.69, 9.17) is 40.4 Å². The average molecular weight is 484 g/mol. The number of benzodiazepines with no additional fused rings is 1. The number of aliphatic imine (C=N–C) groups is 1. The molecule has 2 aromatic carbocycles. The largest absolute Gasteiger partial charge is 0.333 e. The number of thiocarbonyl (C=S) groups is 1. The number of carbonyl (C=O) groups excluding carboxylic acids is 1. The first kappa shape index (κ1) is 22.2. The second-order valence-electron chi connectivity index (χ2n) is 7.18. The van der Waals surface area contributed by atoms with E-state index in [1.54, 1.807) is 37.4 Å². The summed E-state index contributed by atoms with van der Waals surface area (Å²) in [5.74, 6) is 0.291. The number of aryl methyl sites for hydroxylation is 1. The van der Waals surface area contributed by atoms with Gasteiger partial charge in [-0.15, -0.1) is 0 Å². The number of nitrogens with one attached hydrogen (secondary N) is 2. The van der Waals surface area contributed by atoms with Crippen molar-refractivity contribution in [1.29, 1.82) is 0 Å². The van der Waals surface area contributed by atoms with Crippen molar-refractivity contribution in [1.82, 2.24) is 10.3 Å². The fourth-order valence-corrected chi connectivity index (χ4v) is 4.01. The zero-order chi connectivity index (χ0) is 22.8. The molecule has 1 unspecified atom stereocenters. The molecule has 0 saturated heterocycles. The standard InChI is InChI=1S/C23H19Cl2N5OS/c1-13-6-5-9-19(26-13)27-23(32)29-21-22(31)30(2)18-11-10-14(24)12-16(18)20(28-21)15-7-3-4-8-17(15)25/h3-12,21H,1-2H3,(H2,26,27,29,32). The Morgan fingerprint density at radius 1 is 1.06 bits per heavy atom. The summed E-state index contributed by atoms with van der Waals surface area (Å²) < 4.78 is 0. The number of hydrogen-bond acceptors (Lipinski definition) is 4. The number of pyridine rings is 1. The second-order valence-corrected chi connectivity index (χ2v) is 8.43. The quantitative estimate of drug-likeness (QED) is 0.522. The van der Waals surface area contributed by atoms with Gasteiger partial charge in [-0.25, -0.2) is 9.98 Å². The summed E-state index contributed by atoms with van der Waals surface area (Å²) in [7, 11) is 1.69. The zero-order valence-electron chi connectivity index (χ0n) is 17.3. The van der Waals surface area contributed by atoms with Gasteiger partial charge in [0.15, 0.2) is 5.11 Å². The lowest BCUT2D eigenvalue weighted by molar-refractivity contribution is -0.119. The van der Waals surface area contributed by atoms with E-state index in [0.29, 0.717) is 38.4 Å². The Morgan fingerprint density at radius 3 is 2.59 bits per heavy atom. The van der Waals surface area contributed by atoms with Gasteiger partial charge in [0.05, 0.1) is 11.4 Å². The summed E-state index contributed by atoms with van der Waals surface area (Å²) in [5, 5.41) is 7.27. The van der Waals surface area contributed by atoms with E-state index in [1.165, 1.54) is 4.90 Å². The van der Waals surface area contributed by atoms with Crippen molar-refractivity contribution in [3.05, 3.63) is 87.5 Å². The van der Waals surface area contributed by atoms with Crippen LogP contribution in [0.3, 0.4) is 0 Å². The van der Waals surface area contributed by atoms with Gasteiger partial charge >= 0.3 is 0 Å². The van der Waals surface area contributed by atoms with Crippen LogP contribution in [-0.2, 0) is 4.79 Å². The van der Waals surface area contributed by atoms with Crippen molar-refractivity contribution in [3.8, 4) is 0 Å². The maximum Gasteiger partial charge on any atom is 0.272 e. The van der Waals surface area contributed by atoms with Crippen LogP contribution in [0.5, 0.6) is 0 Å². The minimum Gasteiger partial charge on any atom is -0.333 e. The minimum atomic E-state index is -0.984. The predicted octanol–water partition coefficient (Wildman–Crippen LogP) is 4.82. The number of aromatic nitrogens is 1. The number of benzene rings is 2. The first-order valence-corrected chi connectivity index (χ1v) is 10.9. The van der Waals surface area contributed by atoms with Gasteiger partial charge in [-0.1, -0.05) is 47.5 Å². The van der Waals surface area contributed by atoms with E-state index < -0.39 is 6.17 Å². The zero-order valence-corrected chi connectivity index (χ0v) is 19.6. The SMILES string of the molecule is Cc1cccc(NC(=S)NC2N=C(c3ccccc3Cl)c3cc(Cl)ccc3N(C)C2=O)n1. The number of rotatable bonds is 3. The highest BCUT2D eigenvalue weighted by atomic mass is 35.5. The molecule has 1 aromatic heterocycles. The van der Waals surface area contributed by atoms with Crippen LogP contribution >= 0.6 is 35.4 Å². The second kappa shape index (κ2) is 9.24. The summed E-state index contributed by atoms with van der Waals surface area (Å²) in [6, 6.07) is 18.2. The molecule has 4 rings (SSSR count). The van der Waals surface area contributed by atoms with E-state index in [1.807, 2.05) is 37.3 Å². The number of fused-ring (bicyclic) bond motifs is 1. The molecule has 2 heterocycles. The van der Waals surface area contributed by atoms with Crippen molar-refractivity contribution in [3.63, 3.8) is 0 Å². The summed E-state index contributed by atoms with van der Waals surface area (Å²) in [4.78, 5) is 23.9. The van der Waals surface area contributed by atoms with Crippen LogP contribution in [0, 0.1) is 6.92 Å². The van der Waals surface area contributed by atoms with Gasteiger partial charge in [-0.3, -0.25) is 4.79 Å². The third kappa shape index (κ3) is 4.60. The first-order chi connectivity index (χ1) is 15.3. The Kier molecular flexibility index (Phi) is 6.41. The Hall–Kier alpha value is -3.00. The van der Waals surface area contributed by atoms with E-state index in [9.17, 15) is 4.79 Å². The molecule has 6 nitrogen and oxygen atoms in total. The van der Waals surface area contributed by atoms with Crippen molar-refractivity contribution >= 4 is 63.7 Å². The maximum absolute atomic E-state index is 13.3. The highest BCUT2D eigenvalue weighted by Gasteiger charge is 2.31. The summed E-state index contributed by atoms with van der Waals surface area (Å²) >= 11 is 18.2. The number of nitrogens with zero attached hydrogens (tertiary/aromatic N) is 3.